The van der Waals surface area contributed by atoms with Crippen molar-refractivity contribution in [3.8, 4) is 17.2 Å². The second-order valence-corrected chi connectivity index (χ2v) is 10.4. The Bertz CT molecular complexity index is 1330. The quantitative estimate of drug-likeness (QED) is 0.429. The summed E-state index contributed by atoms with van der Waals surface area (Å²) in [4.78, 5) is 0. The number of benzene rings is 2. The lowest BCUT2D eigenvalue weighted by molar-refractivity contribution is -0.137. The Morgan fingerprint density at radius 3 is 2.50 bits per heavy atom. The van der Waals surface area contributed by atoms with Gasteiger partial charge in [-0.25, -0.2) is 17.7 Å². The Kier molecular flexibility index (Phi) is 5.73. The number of rotatable bonds is 6. The van der Waals surface area contributed by atoms with Crippen LogP contribution in [0.3, 0.4) is 0 Å². The number of nitrogens with zero attached hydrogens (tertiary/aromatic N) is 2. The van der Waals surface area contributed by atoms with Crippen molar-refractivity contribution in [2.45, 2.75) is 49.7 Å². The molecule has 10 heteroatoms. The molecule has 3 aromatic rings. The van der Waals surface area contributed by atoms with E-state index in [1.54, 1.807) is 6.20 Å². The van der Waals surface area contributed by atoms with Crippen molar-refractivity contribution < 1.29 is 26.2 Å². The van der Waals surface area contributed by atoms with E-state index >= 15 is 4.39 Å². The predicted molar refractivity (Wildman–Crippen MR) is 118 cm³/mol. The van der Waals surface area contributed by atoms with Crippen LogP contribution in [0.5, 0.6) is 0 Å². The Morgan fingerprint density at radius 2 is 1.85 bits per heavy atom. The lowest BCUT2D eigenvalue weighted by atomic mass is 9.81. The Morgan fingerprint density at radius 1 is 1.12 bits per heavy atom. The Hall–Kier alpha value is -2.77. The molecule has 5 rings (SSSR count). The zero-order valence-corrected chi connectivity index (χ0v) is 18.6. The first kappa shape index (κ1) is 23.0. The summed E-state index contributed by atoms with van der Waals surface area (Å²) in [6.07, 6.45) is -0.141. The van der Waals surface area contributed by atoms with Gasteiger partial charge in [0.15, 0.2) is 0 Å². The number of fused-ring (bicyclic) bond motifs is 1. The van der Waals surface area contributed by atoms with Gasteiger partial charge in [0.2, 0.25) is 0 Å². The maximum absolute atomic E-state index is 15.2. The lowest BCUT2D eigenvalue weighted by Crippen LogP contribution is -2.25. The minimum Gasteiger partial charge on any atom is -0.344 e. The Labute approximate surface area is 195 Å². The van der Waals surface area contributed by atoms with E-state index in [2.05, 4.69) is 10.8 Å². The van der Waals surface area contributed by atoms with Crippen LogP contribution in [-0.4, -0.2) is 14.0 Å². The van der Waals surface area contributed by atoms with E-state index in [-0.39, 0.29) is 29.3 Å². The molecule has 178 valence electrons. The number of hydrogen-bond acceptors (Lipinski definition) is 2. The number of halogens is 5. The van der Waals surface area contributed by atoms with Gasteiger partial charge < -0.3 is 4.57 Å². The van der Waals surface area contributed by atoms with Crippen molar-refractivity contribution in [1.29, 1.82) is 5.26 Å². The summed E-state index contributed by atoms with van der Waals surface area (Å²) in [5.74, 6) is -2.04. The average molecular weight is 494 g/mol. The molecule has 0 aliphatic heterocycles. The summed E-state index contributed by atoms with van der Waals surface area (Å²) in [5.41, 5.74) is -0.788. The van der Waals surface area contributed by atoms with Crippen LogP contribution in [0, 0.1) is 28.9 Å². The van der Waals surface area contributed by atoms with Gasteiger partial charge in [0, 0.05) is 40.5 Å². The van der Waals surface area contributed by atoms with Crippen LogP contribution in [0.1, 0.15) is 42.9 Å². The Balaban J connectivity index is 1.61. The number of nitrogens with one attached hydrogen (secondary N) is 1. The van der Waals surface area contributed by atoms with E-state index in [0.29, 0.717) is 35.4 Å². The third kappa shape index (κ3) is 4.23. The molecule has 2 aliphatic rings. The molecule has 1 aromatic heterocycles. The minimum atomic E-state index is -4.86. The molecule has 0 radical (unpaired) electrons. The third-order valence-corrected chi connectivity index (χ3v) is 8.01. The summed E-state index contributed by atoms with van der Waals surface area (Å²) in [6.45, 7) is 0.212. The summed E-state index contributed by atoms with van der Waals surface area (Å²) in [6, 6.07) is 6.87. The van der Waals surface area contributed by atoms with Gasteiger partial charge >= 0.3 is 6.18 Å². The highest BCUT2D eigenvalue weighted by Gasteiger charge is 2.36. The second kappa shape index (κ2) is 8.47. The monoisotopic (exact) mass is 493 g/mol. The maximum Gasteiger partial charge on any atom is 0.417 e. The van der Waals surface area contributed by atoms with Crippen molar-refractivity contribution in [1.82, 2.24) is 9.29 Å². The standard InChI is InChI=1S/C24H20F5N3OS/c25-15-1-4-18(21(7-15)24(27,28)29)20-9-23-19(8-22(20)26)14(11-31-34(33)17-2-3-17)12-32(23)16-5-13(6-16)10-30/h1,4,7-9,12-13,16-17,31H,2-3,5-6,11H2. The molecule has 0 spiro atoms. The number of alkyl halides is 3. The molecule has 1 heterocycles. The van der Waals surface area contributed by atoms with Gasteiger partial charge in [0.05, 0.1) is 28.5 Å². The molecule has 1 N–H and O–H groups in total. The van der Waals surface area contributed by atoms with Crippen molar-refractivity contribution in [2.24, 2.45) is 5.92 Å². The highest BCUT2D eigenvalue weighted by molar-refractivity contribution is 7.83. The van der Waals surface area contributed by atoms with Gasteiger partial charge in [-0.3, -0.25) is 0 Å². The molecule has 0 saturated heterocycles. The fourth-order valence-corrected chi connectivity index (χ4v) is 5.54. The molecule has 34 heavy (non-hydrogen) atoms. The van der Waals surface area contributed by atoms with Crippen molar-refractivity contribution in [3.63, 3.8) is 0 Å². The third-order valence-electron chi connectivity index (χ3n) is 6.50. The smallest absolute Gasteiger partial charge is 0.344 e. The van der Waals surface area contributed by atoms with Crippen LogP contribution in [0.4, 0.5) is 22.0 Å². The van der Waals surface area contributed by atoms with Gasteiger partial charge in [-0.1, -0.05) is 6.07 Å². The van der Waals surface area contributed by atoms with E-state index in [4.69, 9.17) is 5.26 Å². The first-order valence-electron chi connectivity index (χ1n) is 10.9. The molecule has 4 nitrogen and oxygen atoms in total. The zero-order chi connectivity index (χ0) is 24.2. The van der Waals surface area contributed by atoms with Crippen LogP contribution in [0.25, 0.3) is 22.0 Å². The number of nitriles is 1. The molecule has 1 unspecified atom stereocenters. The van der Waals surface area contributed by atoms with E-state index in [1.807, 2.05) is 4.57 Å². The normalized spacial score (nSPS) is 21.3. The van der Waals surface area contributed by atoms with Crippen molar-refractivity contribution >= 4 is 21.9 Å². The average Bonchev–Trinajstić information content (AvgIpc) is 3.54. The summed E-state index contributed by atoms with van der Waals surface area (Å²) in [5, 5.41) is 9.75. The summed E-state index contributed by atoms with van der Waals surface area (Å²) >= 11 is 0. The molecular weight excluding hydrogens is 473 g/mol. The van der Waals surface area contributed by atoms with E-state index < -0.39 is 39.9 Å². The van der Waals surface area contributed by atoms with Crippen LogP contribution in [-0.2, 0) is 23.7 Å². The van der Waals surface area contributed by atoms with Crippen LogP contribution < -0.4 is 4.72 Å². The molecule has 2 fully saturated rings. The lowest BCUT2D eigenvalue weighted by Gasteiger charge is -2.32. The zero-order valence-electron chi connectivity index (χ0n) is 17.8. The highest BCUT2D eigenvalue weighted by atomic mass is 32.2. The van der Waals surface area contributed by atoms with Gasteiger partial charge in [-0.05, 0) is 61.1 Å². The minimum absolute atomic E-state index is 0.0524. The maximum atomic E-state index is 15.2. The molecule has 2 aliphatic carbocycles. The first-order valence-corrected chi connectivity index (χ1v) is 12.1. The molecule has 0 amide bonds. The van der Waals surface area contributed by atoms with Gasteiger partial charge in [-0.2, -0.15) is 18.4 Å². The fraction of sp³-hybridized carbons (Fsp3) is 0.375. The fourth-order valence-electron chi connectivity index (χ4n) is 4.44. The topological polar surface area (TPSA) is 57.8 Å². The van der Waals surface area contributed by atoms with E-state index in [9.17, 15) is 21.8 Å². The summed E-state index contributed by atoms with van der Waals surface area (Å²) < 4.78 is 86.7. The predicted octanol–water partition coefficient (Wildman–Crippen LogP) is 6.00. The van der Waals surface area contributed by atoms with Crippen LogP contribution >= 0.6 is 0 Å². The van der Waals surface area contributed by atoms with Crippen molar-refractivity contribution in [3.05, 3.63) is 59.3 Å². The highest BCUT2D eigenvalue weighted by Crippen LogP contribution is 2.43. The summed E-state index contributed by atoms with van der Waals surface area (Å²) in [7, 11) is -1.21. The molecule has 2 aromatic carbocycles. The van der Waals surface area contributed by atoms with Gasteiger partial charge in [-0.15, -0.1) is 0 Å². The molecular formula is C24H20F5N3OS. The first-order chi connectivity index (χ1) is 16.2. The largest absolute Gasteiger partial charge is 0.417 e. The van der Waals surface area contributed by atoms with Crippen molar-refractivity contribution in [2.75, 3.05) is 0 Å². The van der Waals surface area contributed by atoms with E-state index in [0.717, 1.165) is 25.0 Å². The SMILES string of the molecule is N#CC1CC(n2cc(CNS(=O)C3CC3)c3cc(F)c(-c4ccc(F)cc4C(F)(F)F)cc32)C1. The van der Waals surface area contributed by atoms with Gasteiger partial charge in [0.25, 0.3) is 0 Å². The van der Waals surface area contributed by atoms with E-state index in [1.165, 1.54) is 12.1 Å². The number of aromatic nitrogens is 1. The molecule has 0 bridgehead atoms. The van der Waals surface area contributed by atoms with Crippen LogP contribution in [0.15, 0.2) is 36.5 Å². The van der Waals surface area contributed by atoms with Gasteiger partial charge in [0.1, 0.15) is 11.6 Å². The second-order valence-electron chi connectivity index (χ2n) is 8.87. The molecule has 1 atom stereocenters. The number of hydrogen-bond donors (Lipinski definition) is 1. The molecule has 2 saturated carbocycles. The van der Waals surface area contributed by atoms with Crippen LogP contribution in [0.2, 0.25) is 0 Å².